The van der Waals surface area contributed by atoms with Gasteiger partial charge in [-0.3, -0.25) is 4.79 Å². The summed E-state index contributed by atoms with van der Waals surface area (Å²) in [4.78, 5) is 11.2. The molecule has 2 aromatic rings. The zero-order valence-electron chi connectivity index (χ0n) is 8.65. The minimum absolute atomic E-state index is 0.0826. The SMILES string of the molecule is CC(=O)c1ccc(-c2ccon2)cc1C. The highest BCUT2D eigenvalue weighted by atomic mass is 16.5. The van der Waals surface area contributed by atoms with Crippen molar-refractivity contribution in [3.05, 3.63) is 41.7 Å². The number of nitrogens with zero attached hydrogens (tertiary/aromatic N) is 1. The van der Waals surface area contributed by atoms with Gasteiger partial charge in [0.15, 0.2) is 5.78 Å². The Morgan fingerprint density at radius 1 is 1.33 bits per heavy atom. The van der Waals surface area contributed by atoms with Crippen molar-refractivity contribution < 1.29 is 9.32 Å². The number of carbonyl (C=O) groups is 1. The number of ketones is 1. The number of aryl methyl sites for hydroxylation is 1. The summed E-state index contributed by atoms with van der Waals surface area (Å²) in [7, 11) is 0. The van der Waals surface area contributed by atoms with E-state index in [0.29, 0.717) is 0 Å². The van der Waals surface area contributed by atoms with Gasteiger partial charge in [-0.2, -0.15) is 0 Å². The molecule has 3 heteroatoms. The largest absolute Gasteiger partial charge is 0.364 e. The molecule has 1 heterocycles. The van der Waals surface area contributed by atoms with E-state index in [9.17, 15) is 4.79 Å². The lowest BCUT2D eigenvalue weighted by atomic mass is 10.0. The zero-order chi connectivity index (χ0) is 10.8. The van der Waals surface area contributed by atoms with E-state index >= 15 is 0 Å². The molecule has 0 saturated carbocycles. The summed E-state index contributed by atoms with van der Waals surface area (Å²) in [6, 6.07) is 7.43. The molecule has 3 nitrogen and oxygen atoms in total. The molecule has 1 aromatic carbocycles. The number of carbonyl (C=O) groups excluding carboxylic acids is 1. The highest BCUT2D eigenvalue weighted by Gasteiger charge is 2.06. The fourth-order valence-corrected chi connectivity index (χ4v) is 1.58. The second kappa shape index (κ2) is 3.69. The maximum absolute atomic E-state index is 11.2. The first-order valence-electron chi connectivity index (χ1n) is 4.71. The number of hydrogen-bond acceptors (Lipinski definition) is 3. The molecule has 76 valence electrons. The van der Waals surface area contributed by atoms with Crippen LogP contribution in [-0.2, 0) is 0 Å². The Balaban J connectivity index is 2.47. The number of Topliss-reactive ketones (excluding diaryl/α,β-unsaturated/α-hetero) is 1. The Hall–Kier alpha value is -1.90. The van der Waals surface area contributed by atoms with Crippen molar-refractivity contribution in [1.29, 1.82) is 0 Å². The Morgan fingerprint density at radius 2 is 2.13 bits per heavy atom. The normalized spacial score (nSPS) is 10.3. The average Bonchev–Trinajstić information content (AvgIpc) is 2.69. The maximum Gasteiger partial charge on any atom is 0.160 e. The standard InChI is InChI=1S/C12H11NO2/c1-8-7-10(12-5-6-15-13-12)3-4-11(8)9(2)14/h3-7H,1-2H3. The van der Waals surface area contributed by atoms with Crippen molar-refractivity contribution in [3.63, 3.8) is 0 Å². The molecule has 0 unspecified atom stereocenters. The van der Waals surface area contributed by atoms with Crippen LogP contribution in [0, 0.1) is 6.92 Å². The van der Waals surface area contributed by atoms with Crippen LogP contribution in [0.4, 0.5) is 0 Å². The van der Waals surface area contributed by atoms with Crippen LogP contribution in [0.25, 0.3) is 11.3 Å². The lowest BCUT2D eigenvalue weighted by Crippen LogP contribution is -1.95. The first-order chi connectivity index (χ1) is 7.18. The van der Waals surface area contributed by atoms with Gasteiger partial charge in [-0.25, -0.2) is 0 Å². The molecule has 0 amide bonds. The van der Waals surface area contributed by atoms with Crippen molar-refractivity contribution >= 4 is 5.78 Å². The summed E-state index contributed by atoms with van der Waals surface area (Å²) in [5, 5.41) is 3.84. The van der Waals surface area contributed by atoms with Crippen molar-refractivity contribution in [2.75, 3.05) is 0 Å². The van der Waals surface area contributed by atoms with Gasteiger partial charge in [0.2, 0.25) is 0 Å². The number of hydrogen-bond donors (Lipinski definition) is 0. The molecule has 0 radical (unpaired) electrons. The van der Waals surface area contributed by atoms with Gasteiger partial charge in [0.05, 0.1) is 0 Å². The van der Waals surface area contributed by atoms with Gasteiger partial charge in [0, 0.05) is 17.2 Å². The zero-order valence-corrected chi connectivity index (χ0v) is 8.65. The lowest BCUT2D eigenvalue weighted by Gasteiger charge is -2.03. The van der Waals surface area contributed by atoms with Crippen LogP contribution in [0.15, 0.2) is 35.1 Å². The Bertz CT molecular complexity index is 486. The van der Waals surface area contributed by atoms with E-state index in [2.05, 4.69) is 5.16 Å². The molecule has 0 fully saturated rings. The third-order valence-corrected chi connectivity index (χ3v) is 2.34. The first-order valence-corrected chi connectivity index (χ1v) is 4.71. The van der Waals surface area contributed by atoms with Gasteiger partial charge in [-0.15, -0.1) is 0 Å². The van der Waals surface area contributed by atoms with Crippen LogP contribution in [0.3, 0.4) is 0 Å². The molecule has 0 aliphatic heterocycles. The van der Waals surface area contributed by atoms with Gasteiger partial charge in [0.1, 0.15) is 12.0 Å². The summed E-state index contributed by atoms with van der Waals surface area (Å²) < 4.78 is 4.77. The first kappa shape index (κ1) is 9.65. The summed E-state index contributed by atoms with van der Waals surface area (Å²) in [6.45, 7) is 3.48. The van der Waals surface area contributed by atoms with Crippen LogP contribution in [-0.4, -0.2) is 10.9 Å². The second-order valence-corrected chi connectivity index (χ2v) is 3.47. The fraction of sp³-hybridized carbons (Fsp3) is 0.167. The van der Waals surface area contributed by atoms with Crippen molar-refractivity contribution in [3.8, 4) is 11.3 Å². The minimum Gasteiger partial charge on any atom is -0.364 e. The molecule has 0 aliphatic rings. The monoisotopic (exact) mass is 201 g/mol. The predicted octanol–water partition coefficient (Wildman–Crippen LogP) is 2.85. The van der Waals surface area contributed by atoms with E-state index in [1.54, 1.807) is 13.0 Å². The third kappa shape index (κ3) is 1.81. The summed E-state index contributed by atoms with van der Waals surface area (Å²) >= 11 is 0. The van der Waals surface area contributed by atoms with E-state index in [1.165, 1.54) is 6.26 Å². The predicted molar refractivity (Wildman–Crippen MR) is 56.7 cm³/mol. The van der Waals surface area contributed by atoms with E-state index in [4.69, 9.17) is 4.52 Å². The summed E-state index contributed by atoms with van der Waals surface area (Å²) in [6.07, 6.45) is 1.53. The smallest absolute Gasteiger partial charge is 0.160 e. The molecule has 2 rings (SSSR count). The topological polar surface area (TPSA) is 43.1 Å². The summed E-state index contributed by atoms with van der Waals surface area (Å²) in [5.41, 5.74) is 3.46. The quantitative estimate of drug-likeness (QED) is 0.701. The molecule has 0 atom stereocenters. The van der Waals surface area contributed by atoms with Crippen molar-refractivity contribution in [2.45, 2.75) is 13.8 Å². The average molecular weight is 201 g/mol. The van der Waals surface area contributed by atoms with Gasteiger partial charge >= 0.3 is 0 Å². The molecular formula is C12H11NO2. The maximum atomic E-state index is 11.2. The van der Waals surface area contributed by atoms with Gasteiger partial charge < -0.3 is 4.52 Å². The molecule has 0 N–H and O–H groups in total. The molecule has 0 aliphatic carbocycles. The number of benzene rings is 1. The highest BCUT2D eigenvalue weighted by Crippen LogP contribution is 2.20. The Kier molecular flexibility index (Phi) is 2.37. The molecule has 15 heavy (non-hydrogen) atoms. The van der Waals surface area contributed by atoms with Crippen LogP contribution in [0.5, 0.6) is 0 Å². The van der Waals surface area contributed by atoms with Crippen LogP contribution in [0.2, 0.25) is 0 Å². The van der Waals surface area contributed by atoms with Crippen LogP contribution in [0.1, 0.15) is 22.8 Å². The molecule has 1 aromatic heterocycles. The van der Waals surface area contributed by atoms with Crippen molar-refractivity contribution in [1.82, 2.24) is 5.16 Å². The fourth-order valence-electron chi connectivity index (χ4n) is 1.58. The Morgan fingerprint density at radius 3 is 2.67 bits per heavy atom. The Labute approximate surface area is 87.7 Å². The minimum atomic E-state index is 0.0826. The molecule has 0 spiro atoms. The highest BCUT2D eigenvalue weighted by molar-refractivity contribution is 5.96. The van der Waals surface area contributed by atoms with E-state index < -0.39 is 0 Å². The molecule has 0 saturated heterocycles. The van der Waals surface area contributed by atoms with E-state index in [1.807, 2.05) is 25.1 Å². The summed E-state index contributed by atoms with van der Waals surface area (Å²) in [5.74, 6) is 0.0826. The van der Waals surface area contributed by atoms with Crippen LogP contribution < -0.4 is 0 Å². The van der Waals surface area contributed by atoms with Gasteiger partial charge in [-0.05, 0) is 25.5 Å². The van der Waals surface area contributed by atoms with Gasteiger partial charge in [0.25, 0.3) is 0 Å². The van der Waals surface area contributed by atoms with E-state index in [-0.39, 0.29) is 5.78 Å². The molecular weight excluding hydrogens is 190 g/mol. The lowest BCUT2D eigenvalue weighted by molar-refractivity contribution is 0.101. The van der Waals surface area contributed by atoms with Gasteiger partial charge in [-0.1, -0.05) is 17.3 Å². The number of rotatable bonds is 2. The molecule has 0 bridgehead atoms. The number of aromatic nitrogens is 1. The van der Waals surface area contributed by atoms with Crippen molar-refractivity contribution in [2.24, 2.45) is 0 Å². The third-order valence-electron chi connectivity index (χ3n) is 2.34. The second-order valence-electron chi connectivity index (χ2n) is 3.47. The van der Waals surface area contributed by atoms with E-state index in [0.717, 1.165) is 22.4 Å². The van der Waals surface area contributed by atoms with Crippen LogP contribution >= 0.6 is 0 Å².